The zero-order valence-corrected chi connectivity index (χ0v) is 16.4. The standard InChI is InChI=1S/C21H25N3O3/c1-14(2)17-8-6-16(7-9-17)10-18(11-22)20(26)27-12-19(25)24-21(5,13-23)15(3)4/h6-10,14-15H,12H2,1-5H3,(H,24,25)/b18-10+/t21-/m1/s1. The van der Waals surface area contributed by atoms with Crippen LogP contribution in [0.2, 0.25) is 0 Å². The minimum absolute atomic E-state index is 0.120. The summed E-state index contributed by atoms with van der Waals surface area (Å²) in [6.45, 7) is 8.79. The molecule has 6 heteroatoms. The van der Waals surface area contributed by atoms with Gasteiger partial charge in [-0.15, -0.1) is 0 Å². The second-order valence-corrected chi connectivity index (χ2v) is 7.08. The van der Waals surface area contributed by atoms with Gasteiger partial charge in [0.2, 0.25) is 0 Å². The zero-order chi connectivity index (χ0) is 20.6. The number of amides is 1. The molecule has 0 bridgehead atoms. The van der Waals surface area contributed by atoms with Crippen molar-refractivity contribution in [1.82, 2.24) is 5.32 Å². The second-order valence-electron chi connectivity index (χ2n) is 7.08. The molecule has 0 aromatic heterocycles. The highest BCUT2D eigenvalue weighted by atomic mass is 16.5. The molecule has 1 atom stereocenters. The Morgan fingerprint density at radius 2 is 1.78 bits per heavy atom. The van der Waals surface area contributed by atoms with Crippen LogP contribution in [0.5, 0.6) is 0 Å². The Bertz CT molecular complexity index is 795. The monoisotopic (exact) mass is 367 g/mol. The molecule has 1 aromatic carbocycles. The minimum Gasteiger partial charge on any atom is -0.451 e. The van der Waals surface area contributed by atoms with E-state index in [9.17, 15) is 20.1 Å². The topological polar surface area (TPSA) is 103 Å². The minimum atomic E-state index is -1.06. The third-order valence-corrected chi connectivity index (χ3v) is 4.37. The molecule has 6 nitrogen and oxygen atoms in total. The van der Waals surface area contributed by atoms with Crippen LogP contribution in [0.1, 0.15) is 51.7 Å². The number of nitrogens with zero attached hydrogens (tertiary/aromatic N) is 2. The second kappa shape index (κ2) is 9.54. The van der Waals surface area contributed by atoms with Crippen LogP contribution >= 0.6 is 0 Å². The summed E-state index contributed by atoms with van der Waals surface area (Å²) < 4.78 is 4.91. The summed E-state index contributed by atoms with van der Waals surface area (Å²) in [7, 11) is 0. The number of benzene rings is 1. The van der Waals surface area contributed by atoms with Crippen molar-refractivity contribution in [2.24, 2.45) is 5.92 Å². The van der Waals surface area contributed by atoms with E-state index in [0.29, 0.717) is 11.5 Å². The van der Waals surface area contributed by atoms with Crippen molar-refractivity contribution in [2.75, 3.05) is 6.61 Å². The molecule has 0 fully saturated rings. The van der Waals surface area contributed by atoms with Gasteiger partial charge in [0.15, 0.2) is 6.61 Å². The predicted molar refractivity (Wildman–Crippen MR) is 102 cm³/mol. The molecule has 1 amide bonds. The predicted octanol–water partition coefficient (Wildman–Crippen LogP) is 3.31. The number of nitriles is 2. The van der Waals surface area contributed by atoms with Crippen molar-refractivity contribution in [3.63, 3.8) is 0 Å². The highest BCUT2D eigenvalue weighted by Crippen LogP contribution is 2.17. The Balaban J connectivity index is 2.75. The van der Waals surface area contributed by atoms with Crippen LogP contribution in [0.4, 0.5) is 0 Å². The van der Waals surface area contributed by atoms with Crippen molar-refractivity contribution in [3.8, 4) is 12.1 Å². The summed E-state index contributed by atoms with van der Waals surface area (Å²) in [6, 6.07) is 11.3. The number of rotatable bonds is 7. The third kappa shape index (κ3) is 6.27. The third-order valence-electron chi connectivity index (χ3n) is 4.37. The van der Waals surface area contributed by atoms with E-state index in [1.54, 1.807) is 26.8 Å². The summed E-state index contributed by atoms with van der Waals surface area (Å²) in [6.07, 6.45) is 1.41. The molecule has 1 N–H and O–H groups in total. The molecular formula is C21H25N3O3. The van der Waals surface area contributed by atoms with Gasteiger partial charge in [-0.1, -0.05) is 52.0 Å². The van der Waals surface area contributed by atoms with Gasteiger partial charge in [-0.3, -0.25) is 4.79 Å². The molecule has 142 valence electrons. The first-order chi connectivity index (χ1) is 12.6. The molecule has 0 spiro atoms. The smallest absolute Gasteiger partial charge is 0.349 e. The van der Waals surface area contributed by atoms with Gasteiger partial charge in [0.05, 0.1) is 6.07 Å². The van der Waals surface area contributed by atoms with Crippen molar-refractivity contribution >= 4 is 18.0 Å². The van der Waals surface area contributed by atoms with E-state index in [1.807, 2.05) is 30.3 Å². The van der Waals surface area contributed by atoms with Gasteiger partial charge in [0.25, 0.3) is 5.91 Å². The highest BCUT2D eigenvalue weighted by Gasteiger charge is 2.30. The van der Waals surface area contributed by atoms with Gasteiger partial charge in [-0.25, -0.2) is 4.79 Å². The number of ether oxygens (including phenoxy) is 1. The van der Waals surface area contributed by atoms with Gasteiger partial charge in [0, 0.05) is 0 Å². The van der Waals surface area contributed by atoms with Crippen LogP contribution in [0.25, 0.3) is 6.08 Å². The fourth-order valence-corrected chi connectivity index (χ4v) is 2.12. The number of hydrogen-bond acceptors (Lipinski definition) is 5. The van der Waals surface area contributed by atoms with E-state index in [1.165, 1.54) is 6.08 Å². The number of nitrogens with one attached hydrogen (secondary N) is 1. The Kier molecular flexibility index (Phi) is 7.75. The molecule has 0 saturated carbocycles. The average Bonchev–Trinajstić information content (AvgIpc) is 2.64. The lowest BCUT2D eigenvalue weighted by molar-refractivity contribution is -0.144. The Labute approximate surface area is 160 Å². The summed E-state index contributed by atoms with van der Waals surface area (Å²) in [5.41, 5.74) is 0.576. The highest BCUT2D eigenvalue weighted by molar-refractivity contribution is 5.98. The Morgan fingerprint density at radius 3 is 2.22 bits per heavy atom. The average molecular weight is 367 g/mol. The Morgan fingerprint density at radius 1 is 1.19 bits per heavy atom. The number of carbonyl (C=O) groups excluding carboxylic acids is 2. The summed E-state index contributed by atoms with van der Waals surface area (Å²) in [4.78, 5) is 24.0. The summed E-state index contributed by atoms with van der Waals surface area (Å²) in [5, 5.41) is 20.9. The van der Waals surface area contributed by atoms with Crippen LogP contribution < -0.4 is 5.32 Å². The molecule has 0 aliphatic carbocycles. The van der Waals surface area contributed by atoms with E-state index in [2.05, 4.69) is 19.2 Å². The van der Waals surface area contributed by atoms with E-state index < -0.39 is 24.0 Å². The van der Waals surface area contributed by atoms with Gasteiger partial charge >= 0.3 is 5.97 Å². The number of hydrogen-bond donors (Lipinski definition) is 1. The summed E-state index contributed by atoms with van der Waals surface area (Å²) >= 11 is 0. The molecule has 0 saturated heterocycles. The first-order valence-corrected chi connectivity index (χ1v) is 8.74. The van der Waals surface area contributed by atoms with Crippen molar-refractivity contribution in [2.45, 2.75) is 46.1 Å². The molecule has 0 heterocycles. The maximum Gasteiger partial charge on any atom is 0.349 e. The molecule has 27 heavy (non-hydrogen) atoms. The lowest BCUT2D eigenvalue weighted by Gasteiger charge is -2.27. The van der Waals surface area contributed by atoms with E-state index >= 15 is 0 Å². The zero-order valence-electron chi connectivity index (χ0n) is 16.4. The van der Waals surface area contributed by atoms with Crippen molar-refractivity contribution in [1.29, 1.82) is 10.5 Å². The van der Waals surface area contributed by atoms with E-state index in [-0.39, 0.29) is 11.5 Å². The molecule has 1 rings (SSSR count). The molecule has 0 aliphatic rings. The number of esters is 1. The van der Waals surface area contributed by atoms with E-state index in [0.717, 1.165) is 5.56 Å². The summed E-state index contributed by atoms with van der Waals surface area (Å²) in [5.74, 6) is -1.22. The van der Waals surface area contributed by atoms with Crippen LogP contribution in [0.3, 0.4) is 0 Å². The van der Waals surface area contributed by atoms with Crippen LogP contribution in [-0.2, 0) is 14.3 Å². The maximum absolute atomic E-state index is 12.1. The largest absolute Gasteiger partial charge is 0.451 e. The molecular weight excluding hydrogens is 342 g/mol. The van der Waals surface area contributed by atoms with Crippen LogP contribution in [-0.4, -0.2) is 24.0 Å². The number of carbonyl (C=O) groups is 2. The van der Waals surface area contributed by atoms with Crippen LogP contribution in [0, 0.1) is 28.6 Å². The molecule has 0 aliphatic heterocycles. The molecule has 0 unspecified atom stereocenters. The SMILES string of the molecule is CC(C)c1ccc(/C=C(\C#N)C(=O)OCC(=O)N[C@](C)(C#N)C(C)C)cc1. The lowest BCUT2D eigenvalue weighted by Crippen LogP contribution is -2.50. The van der Waals surface area contributed by atoms with Gasteiger partial charge in [0.1, 0.15) is 17.2 Å². The normalized spacial score (nSPS) is 13.4. The quantitative estimate of drug-likeness (QED) is 0.452. The van der Waals surface area contributed by atoms with E-state index in [4.69, 9.17) is 4.74 Å². The van der Waals surface area contributed by atoms with Crippen molar-refractivity contribution in [3.05, 3.63) is 41.0 Å². The van der Waals surface area contributed by atoms with Gasteiger partial charge in [-0.05, 0) is 36.0 Å². The fraction of sp³-hybridized carbons (Fsp3) is 0.429. The molecule has 1 aromatic rings. The maximum atomic E-state index is 12.1. The van der Waals surface area contributed by atoms with Crippen LogP contribution in [0.15, 0.2) is 29.8 Å². The van der Waals surface area contributed by atoms with Gasteiger partial charge < -0.3 is 10.1 Å². The van der Waals surface area contributed by atoms with Gasteiger partial charge in [-0.2, -0.15) is 10.5 Å². The lowest BCUT2D eigenvalue weighted by atomic mass is 9.90. The first-order valence-electron chi connectivity index (χ1n) is 8.74. The molecule has 0 radical (unpaired) electrons. The fourth-order valence-electron chi connectivity index (χ4n) is 2.12. The first kappa shape index (κ1) is 21.9. The van der Waals surface area contributed by atoms with Crippen molar-refractivity contribution < 1.29 is 14.3 Å². The Hall–Kier alpha value is -3.12.